The summed E-state index contributed by atoms with van der Waals surface area (Å²) >= 11 is 0. The minimum Gasteiger partial charge on any atom is -0.344 e. The van der Waals surface area contributed by atoms with E-state index in [-0.39, 0.29) is 0 Å². The zero-order valence-electron chi connectivity index (χ0n) is 12.0. The fraction of sp³-hybridized carbons (Fsp3) is 0.158. The molecule has 20 heavy (non-hydrogen) atoms. The van der Waals surface area contributed by atoms with Gasteiger partial charge in [-0.3, -0.25) is 0 Å². The van der Waals surface area contributed by atoms with Crippen LogP contribution in [0.4, 0.5) is 0 Å². The molecule has 0 aliphatic carbocycles. The van der Waals surface area contributed by atoms with Crippen LogP contribution >= 0.6 is 0 Å². The van der Waals surface area contributed by atoms with Gasteiger partial charge in [0.15, 0.2) is 0 Å². The minimum atomic E-state index is 0.447. The molecule has 1 heterocycles. The monoisotopic (exact) mass is 261 g/mol. The molecule has 0 aliphatic heterocycles. The maximum Gasteiger partial charge on any atom is 0.0562 e. The first-order valence-corrected chi connectivity index (χ1v) is 7.09. The fourth-order valence-corrected chi connectivity index (χ4v) is 2.63. The van der Waals surface area contributed by atoms with E-state index in [1.165, 1.54) is 22.4 Å². The van der Waals surface area contributed by atoms with E-state index in [0.29, 0.717) is 6.04 Å². The van der Waals surface area contributed by atoms with Crippen molar-refractivity contribution >= 4 is 0 Å². The van der Waals surface area contributed by atoms with Gasteiger partial charge in [-0.25, -0.2) is 0 Å². The molecule has 100 valence electrons. The molecule has 0 saturated heterocycles. The van der Waals surface area contributed by atoms with E-state index < -0.39 is 0 Å². The highest BCUT2D eigenvalue weighted by molar-refractivity contribution is 5.81. The number of rotatable bonds is 3. The van der Waals surface area contributed by atoms with Crippen molar-refractivity contribution in [2.75, 3.05) is 0 Å². The summed E-state index contributed by atoms with van der Waals surface area (Å²) in [5, 5.41) is 0. The molecular formula is C19H19N. The Balaban J connectivity index is 2.22. The van der Waals surface area contributed by atoms with Crippen LogP contribution in [0.5, 0.6) is 0 Å². The third-order valence-corrected chi connectivity index (χ3v) is 3.60. The highest BCUT2D eigenvalue weighted by Crippen LogP contribution is 2.34. The van der Waals surface area contributed by atoms with Crippen LogP contribution in [0.25, 0.3) is 22.4 Å². The summed E-state index contributed by atoms with van der Waals surface area (Å²) in [5.74, 6) is 0. The van der Waals surface area contributed by atoms with Crippen molar-refractivity contribution in [1.29, 1.82) is 0 Å². The van der Waals surface area contributed by atoms with Gasteiger partial charge in [-0.1, -0.05) is 60.7 Å². The molecule has 0 unspecified atom stereocenters. The first-order chi connectivity index (χ1) is 9.77. The summed E-state index contributed by atoms with van der Waals surface area (Å²) in [6, 6.07) is 23.9. The lowest BCUT2D eigenvalue weighted by atomic mass is 10.0. The Morgan fingerprint density at radius 2 is 1.25 bits per heavy atom. The second-order valence-electron chi connectivity index (χ2n) is 5.31. The standard InChI is InChI=1S/C19H19N/c1-15(2)20-14-13-18(16-9-5-3-6-10-16)19(20)17-11-7-4-8-12-17/h3-15H,1-2H3. The highest BCUT2D eigenvalue weighted by atomic mass is 15.0. The maximum atomic E-state index is 2.34. The Labute approximate surface area is 120 Å². The van der Waals surface area contributed by atoms with Crippen molar-refractivity contribution < 1.29 is 0 Å². The second-order valence-corrected chi connectivity index (χ2v) is 5.31. The van der Waals surface area contributed by atoms with Gasteiger partial charge in [0, 0.05) is 17.8 Å². The predicted molar refractivity (Wildman–Crippen MR) is 85.7 cm³/mol. The molecule has 3 rings (SSSR count). The van der Waals surface area contributed by atoms with Crippen LogP contribution in [0.3, 0.4) is 0 Å². The Kier molecular flexibility index (Phi) is 3.42. The van der Waals surface area contributed by atoms with Gasteiger partial charge in [-0.15, -0.1) is 0 Å². The molecule has 2 aromatic carbocycles. The van der Waals surface area contributed by atoms with Crippen molar-refractivity contribution in [3.8, 4) is 22.4 Å². The van der Waals surface area contributed by atoms with Crippen molar-refractivity contribution in [1.82, 2.24) is 4.57 Å². The molecule has 0 spiro atoms. The van der Waals surface area contributed by atoms with E-state index in [4.69, 9.17) is 0 Å². The van der Waals surface area contributed by atoms with E-state index in [0.717, 1.165) is 0 Å². The van der Waals surface area contributed by atoms with Gasteiger partial charge in [0.2, 0.25) is 0 Å². The molecule has 0 fully saturated rings. The van der Waals surface area contributed by atoms with E-state index >= 15 is 0 Å². The quantitative estimate of drug-likeness (QED) is 0.594. The molecule has 0 atom stereocenters. The van der Waals surface area contributed by atoms with E-state index in [9.17, 15) is 0 Å². The summed E-state index contributed by atoms with van der Waals surface area (Å²) in [6.07, 6.45) is 2.19. The summed E-state index contributed by atoms with van der Waals surface area (Å²) < 4.78 is 2.34. The molecular weight excluding hydrogens is 242 g/mol. The average molecular weight is 261 g/mol. The molecule has 1 nitrogen and oxygen atoms in total. The Morgan fingerprint density at radius 1 is 0.700 bits per heavy atom. The first-order valence-electron chi connectivity index (χ1n) is 7.09. The fourth-order valence-electron chi connectivity index (χ4n) is 2.63. The maximum absolute atomic E-state index is 2.34. The van der Waals surface area contributed by atoms with Gasteiger partial charge in [0.1, 0.15) is 0 Å². The average Bonchev–Trinajstić information content (AvgIpc) is 2.94. The van der Waals surface area contributed by atoms with Gasteiger partial charge in [0.25, 0.3) is 0 Å². The Hall–Kier alpha value is -2.28. The third-order valence-electron chi connectivity index (χ3n) is 3.60. The van der Waals surface area contributed by atoms with Crippen molar-refractivity contribution in [3.05, 3.63) is 72.9 Å². The third kappa shape index (κ3) is 2.27. The highest BCUT2D eigenvalue weighted by Gasteiger charge is 2.14. The zero-order valence-corrected chi connectivity index (χ0v) is 12.0. The predicted octanol–water partition coefficient (Wildman–Crippen LogP) is 5.40. The lowest BCUT2D eigenvalue weighted by Gasteiger charge is -2.15. The molecule has 0 saturated carbocycles. The van der Waals surface area contributed by atoms with E-state index in [2.05, 4.69) is 91.3 Å². The first kappa shape index (κ1) is 12.7. The SMILES string of the molecule is CC(C)n1ccc(-c2ccccc2)c1-c1ccccc1. The number of hydrogen-bond donors (Lipinski definition) is 0. The summed E-state index contributed by atoms with van der Waals surface area (Å²) in [7, 11) is 0. The molecule has 3 aromatic rings. The van der Waals surface area contributed by atoms with Gasteiger partial charge in [-0.2, -0.15) is 0 Å². The van der Waals surface area contributed by atoms with Crippen molar-refractivity contribution in [2.45, 2.75) is 19.9 Å². The zero-order chi connectivity index (χ0) is 13.9. The van der Waals surface area contributed by atoms with Crippen LogP contribution in [0.1, 0.15) is 19.9 Å². The number of aromatic nitrogens is 1. The van der Waals surface area contributed by atoms with Gasteiger partial charge in [-0.05, 0) is 31.0 Å². The second kappa shape index (κ2) is 5.38. The number of nitrogens with zero attached hydrogens (tertiary/aromatic N) is 1. The molecule has 0 radical (unpaired) electrons. The smallest absolute Gasteiger partial charge is 0.0562 e. The van der Waals surface area contributed by atoms with Crippen molar-refractivity contribution in [3.63, 3.8) is 0 Å². The number of benzene rings is 2. The van der Waals surface area contributed by atoms with E-state index in [1.807, 2.05) is 0 Å². The van der Waals surface area contributed by atoms with E-state index in [1.54, 1.807) is 0 Å². The van der Waals surface area contributed by atoms with Crippen LogP contribution in [-0.2, 0) is 0 Å². The van der Waals surface area contributed by atoms with Crippen LogP contribution < -0.4 is 0 Å². The lowest BCUT2D eigenvalue weighted by Crippen LogP contribution is -2.01. The summed E-state index contributed by atoms with van der Waals surface area (Å²) in [6.45, 7) is 4.45. The number of hydrogen-bond acceptors (Lipinski definition) is 0. The Bertz CT molecular complexity index is 678. The summed E-state index contributed by atoms with van der Waals surface area (Å²) in [4.78, 5) is 0. The largest absolute Gasteiger partial charge is 0.344 e. The van der Waals surface area contributed by atoms with Gasteiger partial charge in [0.05, 0.1) is 5.69 Å². The minimum absolute atomic E-state index is 0.447. The molecule has 1 heteroatoms. The molecule has 0 amide bonds. The van der Waals surface area contributed by atoms with Crippen molar-refractivity contribution in [2.24, 2.45) is 0 Å². The molecule has 0 aliphatic rings. The Morgan fingerprint density at radius 3 is 1.80 bits per heavy atom. The van der Waals surface area contributed by atoms with Crippen LogP contribution in [0, 0.1) is 0 Å². The molecule has 0 bridgehead atoms. The topological polar surface area (TPSA) is 4.93 Å². The van der Waals surface area contributed by atoms with Gasteiger partial charge >= 0.3 is 0 Å². The van der Waals surface area contributed by atoms with Gasteiger partial charge < -0.3 is 4.57 Å². The molecule has 1 aromatic heterocycles. The lowest BCUT2D eigenvalue weighted by molar-refractivity contribution is 0.610. The van der Waals surface area contributed by atoms with Crippen LogP contribution in [-0.4, -0.2) is 4.57 Å². The molecule has 0 N–H and O–H groups in total. The van der Waals surface area contributed by atoms with Crippen LogP contribution in [0.2, 0.25) is 0 Å². The normalized spacial score (nSPS) is 10.9. The summed E-state index contributed by atoms with van der Waals surface area (Å²) in [5.41, 5.74) is 5.13. The van der Waals surface area contributed by atoms with Crippen LogP contribution in [0.15, 0.2) is 72.9 Å².